The van der Waals surface area contributed by atoms with Crippen molar-refractivity contribution >= 4 is 58.0 Å². The lowest BCUT2D eigenvalue weighted by atomic mass is 10.0. The normalized spacial score (nSPS) is 16.9. The van der Waals surface area contributed by atoms with E-state index in [1.54, 1.807) is 35.2 Å². The van der Waals surface area contributed by atoms with Crippen molar-refractivity contribution in [3.8, 4) is 0 Å². The zero-order valence-electron chi connectivity index (χ0n) is 21.4. The smallest absolute Gasteiger partial charge is 0.323 e. The summed E-state index contributed by atoms with van der Waals surface area (Å²) < 4.78 is 0. The molecule has 1 fully saturated rings. The van der Waals surface area contributed by atoms with Crippen LogP contribution >= 0.6 is 23.2 Å². The fraction of sp³-hybridized carbons (Fsp3) is 0.346. The second kappa shape index (κ2) is 10.0. The molecule has 3 amide bonds. The Balaban J connectivity index is 1.31. The number of rotatable bonds is 4. The van der Waals surface area contributed by atoms with Crippen molar-refractivity contribution in [1.29, 1.82) is 0 Å². The summed E-state index contributed by atoms with van der Waals surface area (Å²) in [5.41, 5.74) is 9.24. The number of H-pyrrole nitrogens is 1. The van der Waals surface area contributed by atoms with E-state index >= 15 is 0 Å². The summed E-state index contributed by atoms with van der Waals surface area (Å²) in [6, 6.07) is 9.99. The molecule has 3 aromatic rings. The van der Waals surface area contributed by atoms with Gasteiger partial charge in [0.1, 0.15) is 5.82 Å². The molecule has 0 atom stereocenters. The first-order valence-corrected chi connectivity index (χ1v) is 13.1. The van der Waals surface area contributed by atoms with Crippen molar-refractivity contribution in [2.45, 2.75) is 25.9 Å². The highest BCUT2D eigenvalue weighted by Crippen LogP contribution is 2.41. The van der Waals surface area contributed by atoms with Crippen LogP contribution < -0.4 is 21.3 Å². The molecule has 1 saturated heterocycles. The Morgan fingerprint density at radius 1 is 1.05 bits per heavy atom. The number of nitrogens with one attached hydrogen (secondary N) is 3. The molecule has 2 aromatic carbocycles. The molecule has 0 bridgehead atoms. The predicted molar refractivity (Wildman–Crippen MR) is 151 cm³/mol. The molecule has 0 saturated carbocycles. The lowest BCUT2D eigenvalue weighted by Gasteiger charge is -2.34. The Morgan fingerprint density at radius 2 is 1.74 bits per heavy atom. The number of fused-ring (bicyclic) bond motifs is 1. The largest absolute Gasteiger partial charge is 0.397 e. The Bertz CT molecular complexity index is 1380. The highest BCUT2D eigenvalue weighted by atomic mass is 35.5. The van der Waals surface area contributed by atoms with Crippen LogP contribution in [0.25, 0.3) is 0 Å². The third-order valence-electron chi connectivity index (χ3n) is 7.25. The summed E-state index contributed by atoms with van der Waals surface area (Å²) in [6.45, 7) is 7.69. The van der Waals surface area contributed by atoms with E-state index in [0.29, 0.717) is 38.5 Å². The highest BCUT2D eigenvalue weighted by Gasteiger charge is 2.44. The molecule has 0 aliphatic carbocycles. The fourth-order valence-electron chi connectivity index (χ4n) is 4.95. The van der Waals surface area contributed by atoms with Crippen LogP contribution in [0.1, 0.15) is 35.5 Å². The van der Waals surface area contributed by atoms with Gasteiger partial charge < -0.3 is 31.1 Å². The second-order valence-electron chi connectivity index (χ2n) is 10.1. The third-order valence-corrected chi connectivity index (χ3v) is 7.88. The van der Waals surface area contributed by atoms with Crippen molar-refractivity contribution in [1.82, 2.24) is 20.0 Å². The minimum Gasteiger partial charge on any atom is -0.397 e. The molecule has 10 nitrogen and oxygen atoms in total. The summed E-state index contributed by atoms with van der Waals surface area (Å²) in [5.74, 6) is 0.113. The van der Waals surface area contributed by atoms with Gasteiger partial charge in [0.2, 0.25) is 0 Å². The number of piperazine rings is 1. The van der Waals surface area contributed by atoms with Gasteiger partial charge in [0.15, 0.2) is 0 Å². The van der Waals surface area contributed by atoms with Crippen molar-refractivity contribution < 1.29 is 9.59 Å². The number of benzene rings is 2. The van der Waals surface area contributed by atoms with Crippen LogP contribution in [-0.2, 0) is 12.1 Å². The molecule has 0 unspecified atom stereocenters. The molecule has 38 heavy (non-hydrogen) atoms. The summed E-state index contributed by atoms with van der Waals surface area (Å²) in [4.78, 5) is 32.5. The number of aromatic nitrogens is 2. The van der Waals surface area contributed by atoms with Crippen LogP contribution in [0.2, 0.25) is 10.0 Å². The van der Waals surface area contributed by atoms with Gasteiger partial charge in [-0.2, -0.15) is 5.10 Å². The number of para-hydroxylation sites is 1. The number of hydrogen-bond donors (Lipinski definition) is 4. The molecule has 5 N–H and O–H groups in total. The average Bonchev–Trinajstić information content (AvgIpc) is 3.39. The first-order chi connectivity index (χ1) is 18.1. The number of nitrogen functional groups attached to an aromatic ring is 1. The second-order valence-corrected chi connectivity index (χ2v) is 10.9. The van der Waals surface area contributed by atoms with E-state index in [0.717, 1.165) is 37.4 Å². The number of likely N-dealkylation sites (N-methyl/N-ethyl adjacent to an activating group) is 1. The summed E-state index contributed by atoms with van der Waals surface area (Å²) in [7, 11) is 2.10. The topological polar surface area (TPSA) is 123 Å². The number of urea groups is 1. The molecule has 2 aliphatic heterocycles. The summed E-state index contributed by atoms with van der Waals surface area (Å²) >= 11 is 12.5. The maximum Gasteiger partial charge on any atom is 0.323 e. The Morgan fingerprint density at radius 3 is 2.39 bits per heavy atom. The molecule has 12 heteroatoms. The summed E-state index contributed by atoms with van der Waals surface area (Å²) in [6.07, 6.45) is 0. The van der Waals surface area contributed by atoms with Gasteiger partial charge in [-0.15, -0.1) is 0 Å². The Labute approximate surface area is 231 Å². The predicted octanol–water partition coefficient (Wildman–Crippen LogP) is 4.59. The van der Waals surface area contributed by atoms with Gasteiger partial charge in [0.25, 0.3) is 5.91 Å². The minimum absolute atomic E-state index is 0.229. The van der Waals surface area contributed by atoms with Crippen molar-refractivity contribution in [2.24, 2.45) is 0 Å². The molecule has 5 rings (SSSR count). The third kappa shape index (κ3) is 4.75. The zero-order chi connectivity index (χ0) is 27.2. The number of hydrogen-bond acceptors (Lipinski definition) is 6. The van der Waals surface area contributed by atoms with E-state index in [2.05, 4.69) is 37.7 Å². The molecular weight excluding hydrogens is 527 g/mol. The monoisotopic (exact) mass is 556 g/mol. The molecule has 1 aromatic heterocycles. The minimum atomic E-state index is -0.749. The van der Waals surface area contributed by atoms with Crippen LogP contribution in [0.4, 0.5) is 27.7 Å². The number of halogens is 2. The number of amides is 3. The number of carbonyl (C=O) groups is 2. The fourth-order valence-corrected chi connectivity index (χ4v) is 5.44. The number of anilines is 4. The van der Waals surface area contributed by atoms with Crippen LogP contribution in [0.3, 0.4) is 0 Å². The van der Waals surface area contributed by atoms with Gasteiger partial charge in [0, 0.05) is 37.3 Å². The summed E-state index contributed by atoms with van der Waals surface area (Å²) in [5, 5.41) is 13.7. The van der Waals surface area contributed by atoms with Gasteiger partial charge in [-0.25, -0.2) is 4.79 Å². The van der Waals surface area contributed by atoms with Gasteiger partial charge in [-0.1, -0.05) is 29.3 Å². The van der Waals surface area contributed by atoms with Crippen LogP contribution in [0, 0.1) is 0 Å². The molecular formula is C26H30Cl2N8O2. The number of aromatic amines is 1. The van der Waals surface area contributed by atoms with Crippen molar-refractivity contribution in [3.05, 3.63) is 63.3 Å². The number of nitrogens with two attached hydrogens (primary N) is 1. The van der Waals surface area contributed by atoms with E-state index in [4.69, 9.17) is 28.9 Å². The molecule has 0 spiro atoms. The maximum atomic E-state index is 13.2. The van der Waals surface area contributed by atoms with Crippen molar-refractivity contribution in [3.63, 3.8) is 0 Å². The first kappa shape index (κ1) is 26.1. The SMILES string of the molecule is CN1CCN(c2ccc(C(=O)Nc3[nH]nc4c3CN(C(=O)Nc3c(Cl)cccc3Cl)C4(C)C)cc2N)CC1. The van der Waals surface area contributed by atoms with Crippen LogP contribution in [0.5, 0.6) is 0 Å². The van der Waals surface area contributed by atoms with E-state index in [-0.39, 0.29) is 18.5 Å². The lowest BCUT2D eigenvalue weighted by Crippen LogP contribution is -2.44. The van der Waals surface area contributed by atoms with Crippen LogP contribution in [0.15, 0.2) is 36.4 Å². The standard InChI is InChI=1S/C26H30Cl2N8O2/c1-26(2)22-16(14-36(26)25(38)30-21-17(27)5-4-6-18(21)28)23(33-32-22)31-24(37)15-7-8-20(19(29)13-15)35-11-9-34(3)10-12-35/h4-8,13H,9-12,14,29H2,1-3H3,(H,30,38)(H2,31,32,33,37). The van der Waals surface area contributed by atoms with E-state index in [9.17, 15) is 9.59 Å². The van der Waals surface area contributed by atoms with E-state index in [1.165, 1.54) is 0 Å². The van der Waals surface area contributed by atoms with Gasteiger partial charge in [0.05, 0.1) is 44.9 Å². The van der Waals surface area contributed by atoms with Gasteiger partial charge >= 0.3 is 6.03 Å². The molecule has 200 valence electrons. The quantitative estimate of drug-likeness (QED) is 0.348. The van der Waals surface area contributed by atoms with Crippen LogP contribution in [-0.4, -0.2) is 65.2 Å². The van der Waals surface area contributed by atoms with Gasteiger partial charge in [-0.3, -0.25) is 9.89 Å². The average molecular weight is 557 g/mol. The number of nitrogens with zero attached hydrogens (tertiary/aromatic N) is 4. The van der Waals surface area contributed by atoms with Crippen molar-refractivity contribution in [2.75, 3.05) is 54.5 Å². The molecule has 2 aliphatic rings. The zero-order valence-corrected chi connectivity index (χ0v) is 23.0. The van der Waals surface area contributed by atoms with E-state index in [1.807, 2.05) is 19.9 Å². The molecule has 0 radical (unpaired) electrons. The van der Waals surface area contributed by atoms with E-state index < -0.39 is 5.54 Å². The Hall–Kier alpha value is -3.47. The lowest BCUT2D eigenvalue weighted by molar-refractivity contribution is 0.102. The molecule has 3 heterocycles. The first-order valence-electron chi connectivity index (χ1n) is 12.3. The van der Waals surface area contributed by atoms with Gasteiger partial charge in [-0.05, 0) is 51.2 Å². The maximum absolute atomic E-state index is 13.2. The highest BCUT2D eigenvalue weighted by molar-refractivity contribution is 6.39. The Kier molecular flexibility index (Phi) is 6.89. The number of carbonyl (C=O) groups excluding carboxylic acids is 2.